The van der Waals surface area contributed by atoms with E-state index in [0.717, 1.165) is 18.4 Å². The Morgan fingerprint density at radius 3 is 2.86 bits per heavy atom. The molecule has 1 saturated heterocycles. The summed E-state index contributed by atoms with van der Waals surface area (Å²) in [6.07, 6.45) is 5.94. The summed E-state index contributed by atoms with van der Waals surface area (Å²) in [4.78, 5) is 31.6. The van der Waals surface area contributed by atoms with Gasteiger partial charge in [-0.15, -0.1) is 0 Å². The largest absolute Gasteiger partial charge is 0.377 e. The van der Waals surface area contributed by atoms with Crippen molar-refractivity contribution in [2.24, 2.45) is 5.73 Å². The summed E-state index contributed by atoms with van der Waals surface area (Å²) < 4.78 is 20.6. The normalized spacial score (nSPS) is 15.4. The molecule has 0 radical (unpaired) electrons. The number of hydrogen-bond donors (Lipinski definition) is 3. The van der Waals surface area contributed by atoms with E-state index in [1.807, 2.05) is 12.1 Å². The molecule has 0 saturated carbocycles. The lowest BCUT2D eigenvalue weighted by atomic mass is 10.1. The number of nitrogens with one attached hydrogen (secondary N) is 2. The van der Waals surface area contributed by atoms with Crippen LogP contribution in [0.1, 0.15) is 0 Å². The minimum Gasteiger partial charge on any atom is -0.377 e. The molecule has 1 fully saturated rings. The Balaban J connectivity index is 1.44. The monoisotopic (exact) mass is 500 g/mol. The number of nitrogens with two attached hydrogens (primary N) is 1. The molecular weight excluding hydrogens is 475 g/mol. The number of morpholine rings is 1. The van der Waals surface area contributed by atoms with Crippen LogP contribution in [0.2, 0.25) is 0 Å². The first-order valence-corrected chi connectivity index (χ1v) is 11.7. The highest BCUT2D eigenvalue weighted by Gasteiger charge is 2.23. The number of benzene rings is 1. The van der Waals surface area contributed by atoms with E-state index in [2.05, 4.69) is 42.0 Å². The first-order chi connectivity index (χ1) is 18.1. The van der Waals surface area contributed by atoms with E-state index in [1.54, 1.807) is 30.6 Å². The Kier molecular flexibility index (Phi) is 6.97. The van der Waals surface area contributed by atoms with E-state index in [0.29, 0.717) is 47.7 Å². The van der Waals surface area contributed by atoms with Crippen molar-refractivity contribution < 1.29 is 13.9 Å². The fourth-order valence-electron chi connectivity index (χ4n) is 4.13. The van der Waals surface area contributed by atoms with Gasteiger partial charge in [-0.25, -0.2) is 19.3 Å². The maximum Gasteiger partial charge on any atom is 0.247 e. The zero-order chi connectivity index (χ0) is 25.8. The van der Waals surface area contributed by atoms with Gasteiger partial charge in [0.05, 0.1) is 47.9 Å². The number of halogens is 1. The van der Waals surface area contributed by atoms with Crippen LogP contribution in [0, 0.1) is 5.82 Å². The van der Waals surface area contributed by atoms with E-state index in [4.69, 9.17) is 10.5 Å². The van der Waals surface area contributed by atoms with E-state index in [-0.39, 0.29) is 23.5 Å². The summed E-state index contributed by atoms with van der Waals surface area (Å²) in [5.74, 6) is 0.206. The fraction of sp³-hybridized carbons (Fsp3) is 0.192. The Labute approximate surface area is 212 Å². The summed E-state index contributed by atoms with van der Waals surface area (Å²) in [6.45, 7) is 5.83. The van der Waals surface area contributed by atoms with E-state index < -0.39 is 5.82 Å². The molecular formula is C26H25FN8O2. The third kappa shape index (κ3) is 5.22. The number of aromatic nitrogens is 4. The van der Waals surface area contributed by atoms with Gasteiger partial charge in [-0.3, -0.25) is 9.78 Å². The standard InChI is InChI=1S/C26H25FN8O2/c1-2-23(36)32-17-7-8-29-21(11-17)24-20(27)5-3-16-13-31-26(34-25(16)24)33-18-4-6-22(30-14-18)35-9-10-37-15-19(35)12-28/h2-8,11,13-14,19H,1,9-10,12,15,28H2,(H,29,32,36)(H,31,33,34). The van der Waals surface area contributed by atoms with Crippen LogP contribution in [-0.4, -0.2) is 58.2 Å². The Hall–Kier alpha value is -4.48. The van der Waals surface area contributed by atoms with E-state index >= 15 is 4.39 Å². The number of nitrogens with zero attached hydrogens (tertiary/aromatic N) is 5. The van der Waals surface area contributed by atoms with Gasteiger partial charge in [-0.2, -0.15) is 0 Å². The first-order valence-electron chi connectivity index (χ1n) is 11.7. The third-order valence-electron chi connectivity index (χ3n) is 5.97. The Morgan fingerprint density at radius 1 is 1.19 bits per heavy atom. The molecule has 1 aromatic carbocycles. The molecule has 1 atom stereocenters. The highest BCUT2D eigenvalue weighted by Crippen LogP contribution is 2.31. The lowest BCUT2D eigenvalue weighted by Gasteiger charge is -2.35. The van der Waals surface area contributed by atoms with Crippen LogP contribution < -0.4 is 21.3 Å². The lowest BCUT2D eigenvalue weighted by molar-refractivity contribution is -0.111. The van der Waals surface area contributed by atoms with Crippen molar-refractivity contribution in [1.29, 1.82) is 0 Å². The van der Waals surface area contributed by atoms with E-state index in [9.17, 15) is 4.79 Å². The number of amides is 1. The number of pyridine rings is 2. The van der Waals surface area contributed by atoms with Gasteiger partial charge in [0.2, 0.25) is 11.9 Å². The number of fused-ring (bicyclic) bond motifs is 1. The van der Waals surface area contributed by atoms with Gasteiger partial charge in [0.25, 0.3) is 0 Å². The zero-order valence-electron chi connectivity index (χ0n) is 19.9. The Morgan fingerprint density at radius 2 is 2.08 bits per heavy atom. The predicted molar refractivity (Wildman–Crippen MR) is 140 cm³/mol. The molecule has 1 aliphatic rings. The number of carbonyl (C=O) groups excluding carboxylic acids is 1. The smallest absolute Gasteiger partial charge is 0.247 e. The number of hydrogen-bond acceptors (Lipinski definition) is 9. The highest BCUT2D eigenvalue weighted by molar-refractivity contribution is 6.00. The van der Waals surface area contributed by atoms with Crippen LogP contribution in [0.5, 0.6) is 0 Å². The summed E-state index contributed by atoms with van der Waals surface area (Å²) in [6, 6.07) is 9.99. The van der Waals surface area contributed by atoms with Crippen LogP contribution in [-0.2, 0) is 9.53 Å². The molecule has 1 aliphatic heterocycles. The van der Waals surface area contributed by atoms with Crippen LogP contribution in [0.4, 0.5) is 27.5 Å². The van der Waals surface area contributed by atoms with Crippen molar-refractivity contribution in [2.75, 3.05) is 41.8 Å². The van der Waals surface area contributed by atoms with Crippen molar-refractivity contribution in [3.63, 3.8) is 0 Å². The molecule has 0 spiro atoms. The second-order valence-electron chi connectivity index (χ2n) is 8.36. The summed E-state index contributed by atoms with van der Waals surface area (Å²) in [7, 11) is 0. The first kappa shape index (κ1) is 24.2. The highest BCUT2D eigenvalue weighted by atomic mass is 19.1. The average Bonchev–Trinajstić information content (AvgIpc) is 2.93. The van der Waals surface area contributed by atoms with Gasteiger partial charge in [0, 0.05) is 36.6 Å². The molecule has 188 valence electrons. The number of carbonyl (C=O) groups is 1. The summed E-state index contributed by atoms with van der Waals surface area (Å²) in [5, 5.41) is 6.43. The maximum atomic E-state index is 15.0. The van der Waals surface area contributed by atoms with Gasteiger partial charge in [-0.1, -0.05) is 6.58 Å². The van der Waals surface area contributed by atoms with Gasteiger partial charge < -0.3 is 26.0 Å². The SMILES string of the molecule is C=CC(=O)Nc1ccnc(-c2c(F)ccc3cnc(Nc4ccc(N5CCOCC5CN)nc4)nc23)c1. The summed E-state index contributed by atoms with van der Waals surface area (Å²) >= 11 is 0. The van der Waals surface area contributed by atoms with Gasteiger partial charge in [-0.05, 0) is 42.5 Å². The molecule has 10 nitrogen and oxygen atoms in total. The van der Waals surface area contributed by atoms with Crippen molar-refractivity contribution in [2.45, 2.75) is 6.04 Å². The van der Waals surface area contributed by atoms with Gasteiger partial charge in [0.1, 0.15) is 11.6 Å². The number of rotatable bonds is 7. The maximum absolute atomic E-state index is 15.0. The molecule has 1 amide bonds. The van der Waals surface area contributed by atoms with Crippen molar-refractivity contribution in [1.82, 2.24) is 19.9 Å². The minimum absolute atomic E-state index is 0.0781. The van der Waals surface area contributed by atoms with Gasteiger partial charge >= 0.3 is 0 Å². The number of anilines is 4. The number of ether oxygens (including phenoxy) is 1. The zero-order valence-corrected chi connectivity index (χ0v) is 19.9. The molecule has 4 heterocycles. The van der Waals surface area contributed by atoms with Crippen LogP contribution in [0.15, 0.2) is 67.6 Å². The molecule has 3 aromatic heterocycles. The summed E-state index contributed by atoms with van der Waals surface area (Å²) in [5.41, 5.74) is 7.91. The molecule has 4 N–H and O–H groups in total. The molecule has 11 heteroatoms. The Bertz CT molecular complexity index is 1450. The van der Waals surface area contributed by atoms with Crippen LogP contribution in [0.25, 0.3) is 22.2 Å². The minimum atomic E-state index is -0.497. The average molecular weight is 501 g/mol. The van der Waals surface area contributed by atoms with Gasteiger partial charge in [0.15, 0.2) is 0 Å². The molecule has 0 aliphatic carbocycles. The molecule has 37 heavy (non-hydrogen) atoms. The van der Waals surface area contributed by atoms with Crippen molar-refractivity contribution in [3.05, 3.63) is 73.5 Å². The van der Waals surface area contributed by atoms with Crippen LogP contribution >= 0.6 is 0 Å². The molecule has 0 bridgehead atoms. The quantitative estimate of drug-likeness (QED) is 0.327. The fourth-order valence-corrected chi connectivity index (χ4v) is 4.13. The molecule has 5 rings (SSSR count). The molecule has 1 unspecified atom stereocenters. The second-order valence-corrected chi connectivity index (χ2v) is 8.36. The van der Waals surface area contributed by atoms with Crippen molar-refractivity contribution in [3.8, 4) is 11.3 Å². The third-order valence-corrected chi connectivity index (χ3v) is 5.97. The molecule has 4 aromatic rings. The van der Waals surface area contributed by atoms with E-state index in [1.165, 1.54) is 12.3 Å². The van der Waals surface area contributed by atoms with Crippen LogP contribution in [0.3, 0.4) is 0 Å². The predicted octanol–water partition coefficient (Wildman–Crippen LogP) is 3.26. The lowest BCUT2D eigenvalue weighted by Crippen LogP contribution is -2.49. The second kappa shape index (κ2) is 10.6. The topological polar surface area (TPSA) is 131 Å². The van der Waals surface area contributed by atoms with Crippen molar-refractivity contribution >= 4 is 40.0 Å².